The zero-order valence-electron chi connectivity index (χ0n) is 31.5. The van der Waals surface area contributed by atoms with Crippen LogP contribution in [0.25, 0.3) is 0 Å². The first-order valence-electron chi connectivity index (χ1n) is 19.6. The molecule has 5 heterocycles. The number of benzene rings is 2. The second-order valence-electron chi connectivity index (χ2n) is 15.3. The Kier molecular flexibility index (Phi) is 12.4. The van der Waals surface area contributed by atoms with Crippen LogP contribution in [0.3, 0.4) is 0 Å². The van der Waals surface area contributed by atoms with Gasteiger partial charge in [0.1, 0.15) is 23.7 Å². The number of nitrogens with zero attached hydrogens (tertiary/aromatic N) is 5. The van der Waals surface area contributed by atoms with Crippen molar-refractivity contribution in [3.8, 4) is 11.8 Å². The molecule has 302 valence electrons. The van der Waals surface area contributed by atoms with Gasteiger partial charge in [-0.3, -0.25) is 19.7 Å². The number of rotatable bonds is 10. The smallest absolute Gasteiger partial charge is 0.417 e. The molecular weight excluding hydrogens is 761 g/mol. The number of carbonyl (C=O) groups excluding carboxylic acids is 3. The van der Waals surface area contributed by atoms with Gasteiger partial charge in [-0.2, -0.15) is 18.4 Å². The average Bonchev–Trinajstić information content (AvgIpc) is 3.20. The van der Waals surface area contributed by atoms with E-state index in [1.165, 1.54) is 12.1 Å². The molecule has 3 N–H and O–H groups in total. The lowest BCUT2D eigenvalue weighted by molar-refractivity contribution is -0.138. The lowest BCUT2D eigenvalue weighted by Gasteiger charge is -2.38. The molecule has 0 bridgehead atoms. The maximum absolute atomic E-state index is 13.4. The highest BCUT2D eigenvalue weighted by Crippen LogP contribution is 2.36. The fraction of sp³-hybridized carbons (Fsp3) is 0.488. The molecule has 3 aromatic rings. The van der Waals surface area contributed by atoms with Crippen molar-refractivity contribution >= 4 is 52.2 Å². The monoisotopic (exact) mass is 806 g/mol. The predicted molar refractivity (Wildman–Crippen MR) is 210 cm³/mol. The minimum Gasteiger partial charge on any atom is -0.489 e. The Morgan fingerprint density at radius 3 is 2.32 bits per heavy atom. The molecule has 1 unspecified atom stereocenters. The van der Waals surface area contributed by atoms with Gasteiger partial charge in [-0.15, -0.1) is 0 Å². The van der Waals surface area contributed by atoms with E-state index in [1.54, 1.807) is 18.3 Å². The standard InChI is InChI=1S/C41H46ClF3N8O4/c42-34-21-29(48-35-5-8-38(54)50-40(35)56)2-6-36(34)53-17-9-26(10-18-53)25-51-15-13-31(14-16-51)57-32-4-7-37(47-24-32)49-39(55)27-11-19-52(20-12-27)30-3-1-28(23-46)33(22-30)41(43,44)45/h1-4,6-7,21-22,24,26-27,31,35,48H,5,8-20,25H2,(H,47,49,55)(H,50,54,56). The zero-order chi connectivity index (χ0) is 40.1. The predicted octanol–water partition coefficient (Wildman–Crippen LogP) is 6.46. The SMILES string of the molecule is N#Cc1ccc(N2CCC(C(=O)Nc3ccc(OC4CCN(CC5CCN(c6ccc(NC7CCC(=O)NC7=O)cc6Cl)CC5)CC4)cn3)CC2)cc1C(F)(F)F. The van der Waals surface area contributed by atoms with E-state index in [4.69, 9.17) is 21.6 Å². The molecule has 1 aromatic heterocycles. The van der Waals surface area contributed by atoms with Crippen molar-refractivity contribution in [3.05, 3.63) is 70.9 Å². The Labute approximate surface area is 334 Å². The lowest BCUT2D eigenvalue weighted by atomic mass is 9.94. The minimum absolute atomic E-state index is 0.0773. The fourth-order valence-corrected chi connectivity index (χ4v) is 8.52. The third-order valence-electron chi connectivity index (χ3n) is 11.5. The summed E-state index contributed by atoms with van der Waals surface area (Å²) >= 11 is 6.69. The van der Waals surface area contributed by atoms with Gasteiger partial charge in [0.25, 0.3) is 0 Å². The Balaban J connectivity index is 0.796. The number of ether oxygens (including phenoxy) is 1. The van der Waals surface area contributed by atoms with Crippen molar-refractivity contribution in [2.45, 2.75) is 69.7 Å². The first kappa shape index (κ1) is 40.1. The number of hydrogen-bond acceptors (Lipinski definition) is 10. The second kappa shape index (κ2) is 17.6. The van der Waals surface area contributed by atoms with Crippen LogP contribution in [0.15, 0.2) is 54.7 Å². The van der Waals surface area contributed by atoms with Crippen molar-refractivity contribution in [2.75, 3.05) is 66.2 Å². The quantitative estimate of drug-likeness (QED) is 0.196. The first-order chi connectivity index (χ1) is 27.4. The molecule has 0 aliphatic carbocycles. The average molecular weight is 807 g/mol. The minimum atomic E-state index is -4.62. The van der Waals surface area contributed by atoms with Crippen LogP contribution in [0.2, 0.25) is 5.02 Å². The summed E-state index contributed by atoms with van der Waals surface area (Å²) in [4.78, 5) is 47.7. The summed E-state index contributed by atoms with van der Waals surface area (Å²) in [5, 5.41) is 18.1. The number of nitriles is 1. The maximum Gasteiger partial charge on any atom is 0.417 e. The van der Waals surface area contributed by atoms with E-state index >= 15 is 0 Å². The maximum atomic E-state index is 13.4. The molecule has 16 heteroatoms. The number of halogens is 4. The van der Waals surface area contributed by atoms with Gasteiger partial charge in [0.15, 0.2) is 0 Å². The number of piperidine rings is 4. The number of imide groups is 1. The number of aromatic nitrogens is 1. The Hall–Kier alpha value is -5.07. The van der Waals surface area contributed by atoms with Crippen LogP contribution in [-0.4, -0.2) is 85.6 Å². The summed E-state index contributed by atoms with van der Waals surface area (Å²) in [5.41, 5.74) is 0.763. The zero-order valence-corrected chi connectivity index (χ0v) is 32.2. The molecule has 4 aliphatic heterocycles. The largest absolute Gasteiger partial charge is 0.489 e. The van der Waals surface area contributed by atoms with E-state index in [0.29, 0.717) is 67.0 Å². The fourth-order valence-electron chi connectivity index (χ4n) is 8.22. The molecule has 4 saturated heterocycles. The molecule has 0 spiro atoms. The molecule has 57 heavy (non-hydrogen) atoms. The van der Waals surface area contributed by atoms with E-state index in [0.717, 1.165) is 75.8 Å². The molecule has 0 saturated carbocycles. The van der Waals surface area contributed by atoms with Crippen molar-refractivity contribution in [3.63, 3.8) is 0 Å². The number of alkyl halides is 3. The molecule has 12 nitrogen and oxygen atoms in total. The van der Waals surface area contributed by atoms with E-state index in [9.17, 15) is 27.6 Å². The van der Waals surface area contributed by atoms with Crippen molar-refractivity contribution < 1.29 is 32.3 Å². The van der Waals surface area contributed by atoms with Crippen LogP contribution in [0, 0.1) is 23.2 Å². The van der Waals surface area contributed by atoms with Crippen molar-refractivity contribution in [1.29, 1.82) is 5.26 Å². The Bertz CT molecular complexity index is 1970. The van der Waals surface area contributed by atoms with Gasteiger partial charge < -0.3 is 30.1 Å². The molecule has 4 aliphatic rings. The highest BCUT2D eigenvalue weighted by molar-refractivity contribution is 6.33. The summed E-state index contributed by atoms with van der Waals surface area (Å²) in [7, 11) is 0. The molecule has 4 fully saturated rings. The van der Waals surface area contributed by atoms with Crippen molar-refractivity contribution in [2.24, 2.45) is 11.8 Å². The van der Waals surface area contributed by atoms with Gasteiger partial charge in [-0.1, -0.05) is 11.6 Å². The van der Waals surface area contributed by atoms with E-state index < -0.39 is 23.3 Å². The summed E-state index contributed by atoms with van der Waals surface area (Å²) in [6.07, 6.45) is 2.75. The number of pyridine rings is 1. The van der Waals surface area contributed by atoms with Gasteiger partial charge in [-0.25, -0.2) is 4.98 Å². The van der Waals surface area contributed by atoms with Crippen molar-refractivity contribution in [1.82, 2.24) is 15.2 Å². The topological polar surface area (TPSA) is 143 Å². The van der Waals surface area contributed by atoms with Gasteiger partial charge in [0.05, 0.1) is 34.1 Å². The molecule has 2 aromatic carbocycles. The van der Waals surface area contributed by atoms with Gasteiger partial charge in [0, 0.05) is 69.5 Å². The number of nitrogens with one attached hydrogen (secondary N) is 3. The number of amides is 3. The molecule has 3 amide bonds. The van der Waals surface area contributed by atoms with Crippen LogP contribution in [-0.2, 0) is 20.6 Å². The summed E-state index contributed by atoms with van der Waals surface area (Å²) in [6, 6.07) is 14.2. The second-order valence-corrected chi connectivity index (χ2v) is 15.7. The van der Waals surface area contributed by atoms with Gasteiger partial charge in [0.2, 0.25) is 17.7 Å². The van der Waals surface area contributed by atoms with E-state index in [1.807, 2.05) is 29.2 Å². The summed E-state index contributed by atoms with van der Waals surface area (Å²) < 4.78 is 46.6. The van der Waals surface area contributed by atoms with Gasteiger partial charge in [-0.05, 0) is 99.4 Å². The van der Waals surface area contributed by atoms with Crippen LogP contribution in [0.4, 0.5) is 36.1 Å². The highest BCUT2D eigenvalue weighted by atomic mass is 35.5. The van der Waals surface area contributed by atoms with Crippen LogP contribution >= 0.6 is 11.6 Å². The number of likely N-dealkylation sites (tertiary alicyclic amines) is 1. The van der Waals surface area contributed by atoms with Crippen LogP contribution < -0.4 is 30.5 Å². The third kappa shape index (κ3) is 10.1. The Morgan fingerprint density at radius 2 is 1.67 bits per heavy atom. The third-order valence-corrected chi connectivity index (χ3v) is 11.8. The van der Waals surface area contributed by atoms with Crippen LogP contribution in [0.1, 0.15) is 62.5 Å². The molecular formula is C41H46ClF3N8O4. The normalized spacial score (nSPS) is 20.5. The first-order valence-corrected chi connectivity index (χ1v) is 20.0. The number of anilines is 4. The highest BCUT2D eigenvalue weighted by Gasteiger charge is 2.35. The van der Waals surface area contributed by atoms with Crippen LogP contribution in [0.5, 0.6) is 5.75 Å². The van der Waals surface area contributed by atoms with E-state index in [2.05, 4.69) is 30.7 Å². The Morgan fingerprint density at radius 1 is 0.930 bits per heavy atom. The lowest BCUT2D eigenvalue weighted by Crippen LogP contribution is -2.47. The molecule has 1 atom stereocenters. The number of carbonyl (C=O) groups is 3. The number of hydrogen-bond donors (Lipinski definition) is 3. The molecule has 0 radical (unpaired) electrons. The van der Waals surface area contributed by atoms with E-state index in [-0.39, 0.29) is 29.7 Å². The summed E-state index contributed by atoms with van der Waals surface area (Å²) in [6.45, 7) is 5.62. The summed E-state index contributed by atoms with van der Waals surface area (Å²) in [5.74, 6) is 0.625. The molecule has 7 rings (SSSR count). The van der Waals surface area contributed by atoms with Gasteiger partial charge >= 0.3 is 6.18 Å².